The molecule has 7 nitrogen and oxygen atoms in total. The van der Waals surface area contributed by atoms with Crippen LogP contribution in [0.25, 0.3) is 33.2 Å². The van der Waals surface area contributed by atoms with Crippen LogP contribution in [0.15, 0.2) is 96.9 Å². The Balaban J connectivity index is 1.64. The number of benzene rings is 1. The Bertz CT molecular complexity index is 1590. The van der Waals surface area contributed by atoms with Crippen LogP contribution < -0.4 is 4.72 Å². The number of nitrogens with zero attached hydrogens (tertiary/aromatic N) is 4. The summed E-state index contributed by atoms with van der Waals surface area (Å²) in [5, 5.41) is 5.27. The molecule has 0 spiro atoms. The van der Waals surface area contributed by atoms with E-state index in [1.807, 2.05) is 48.3 Å². The fourth-order valence-electron chi connectivity index (χ4n) is 3.53. The lowest BCUT2D eigenvalue weighted by Gasteiger charge is -2.10. The van der Waals surface area contributed by atoms with Crippen molar-refractivity contribution in [1.82, 2.24) is 19.7 Å². The summed E-state index contributed by atoms with van der Waals surface area (Å²) < 4.78 is 54.9. The minimum absolute atomic E-state index is 0.206. The maximum absolute atomic E-state index is 13.3. The number of rotatable bonds is 9. The second-order valence-corrected chi connectivity index (χ2v) is 9.52. The van der Waals surface area contributed by atoms with Crippen LogP contribution in [0.2, 0.25) is 0 Å². The second-order valence-electron chi connectivity index (χ2n) is 7.79. The van der Waals surface area contributed by atoms with Gasteiger partial charge in [-0.15, -0.1) is 0 Å². The number of allylic oxidation sites excluding steroid dienone is 4. The first kappa shape index (κ1) is 24.9. The number of nitrogens with one attached hydrogen (secondary N) is 1. The molecule has 184 valence electrons. The third kappa shape index (κ3) is 5.55. The van der Waals surface area contributed by atoms with Crippen molar-refractivity contribution < 1.29 is 17.2 Å². The molecule has 4 aromatic rings. The molecule has 10 heteroatoms. The van der Waals surface area contributed by atoms with Gasteiger partial charge in [-0.25, -0.2) is 17.2 Å². The van der Waals surface area contributed by atoms with E-state index < -0.39 is 22.5 Å². The number of alkyl halides is 1. The Morgan fingerprint density at radius 1 is 1.11 bits per heavy atom. The van der Waals surface area contributed by atoms with Gasteiger partial charge in [-0.2, -0.15) is 5.10 Å². The summed E-state index contributed by atoms with van der Waals surface area (Å²) in [7, 11) is -4.08. The summed E-state index contributed by atoms with van der Waals surface area (Å²) in [5.74, 6) is -0.898. The van der Waals surface area contributed by atoms with Gasteiger partial charge >= 0.3 is 0 Å². The van der Waals surface area contributed by atoms with Gasteiger partial charge in [-0.3, -0.25) is 19.4 Å². The molecular weight excluding hydrogens is 484 g/mol. The lowest BCUT2D eigenvalue weighted by atomic mass is 9.99. The zero-order valence-electron chi connectivity index (χ0n) is 19.4. The van der Waals surface area contributed by atoms with Gasteiger partial charge in [0, 0.05) is 41.6 Å². The molecule has 3 aromatic heterocycles. The number of hydrogen-bond donors (Lipinski definition) is 1. The van der Waals surface area contributed by atoms with Crippen LogP contribution in [0.3, 0.4) is 0 Å². The first-order chi connectivity index (χ1) is 17.3. The summed E-state index contributed by atoms with van der Waals surface area (Å²) in [6.45, 7) is 5.23. The zero-order valence-corrected chi connectivity index (χ0v) is 20.2. The largest absolute Gasteiger partial charge is 0.278 e. The molecule has 0 saturated heterocycles. The standard InChI is InChI=1S/C26H23F2N5O2S/c1-3-33-17-21(15-31-33)24-9-11-30-26-7-5-19(13-25(24)26)20-12-23(16-29-14-20)32-36(34,35)18(2)4-6-22(28)8-10-27/h4-9,11-17,32H,2-3,10H2,1H3/b6-4-,22-8+. The van der Waals surface area contributed by atoms with Crippen molar-refractivity contribution >= 4 is 26.6 Å². The normalized spacial score (nSPS) is 12.4. The number of anilines is 1. The monoisotopic (exact) mass is 507 g/mol. The van der Waals surface area contributed by atoms with Crippen molar-refractivity contribution in [2.45, 2.75) is 13.5 Å². The Hall–Kier alpha value is -4.18. The molecule has 0 fully saturated rings. The summed E-state index contributed by atoms with van der Waals surface area (Å²) in [4.78, 5) is 8.23. The van der Waals surface area contributed by atoms with Gasteiger partial charge in [0.15, 0.2) is 0 Å². The highest BCUT2D eigenvalue weighted by molar-refractivity contribution is 7.96. The maximum atomic E-state index is 13.3. The van der Waals surface area contributed by atoms with E-state index in [4.69, 9.17) is 0 Å². The average molecular weight is 508 g/mol. The fourth-order valence-corrected chi connectivity index (χ4v) is 4.33. The number of hydrogen-bond acceptors (Lipinski definition) is 5. The molecular formula is C26H23F2N5O2S. The molecule has 1 N–H and O–H groups in total. The first-order valence-corrected chi connectivity index (χ1v) is 12.5. The van der Waals surface area contributed by atoms with Crippen LogP contribution in [0, 0.1) is 0 Å². The minimum Gasteiger partial charge on any atom is -0.278 e. The van der Waals surface area contributed by atoms with Gasteiger partial charge in [0.25, 0.3) is 10.0 Å². The Morgan fingerprint density at radius 2 is 1.94 bits per heavy atom. The van der Waals surface area contributed by atoms with Gasteiger partial charge in [0.1, 0.15) is 12.5 Å². The van der Waals surface area contributed by atoms with Crippen LogP contribution in [0.5, 0.6) is 0 Å². The van der Waals surface area contributed by atoms with Crippen LogP contribution in [-0.4, -0.2) is 34.8 Å². The Morgan fingerprint density at radius 3 is 2.69 bits per heavy atom. The van der Waals surface area contributed by atoms with Crippen LogP contribution in [0.4, 0.5) is 14.5 Å². The highest BCUT2D eigenvalue weighted by Gasteiger charge is 2.15. The maximum Gasteiger partial charge on any atom is 0.261 e. The smallest absolute Gasteiger partial charge is 0.261 e. The summed E-state index contributed by atoms with van der Waals surface area (Å²) in [5.41, 5.74) is 4.44. The van der Waals surface area contributed by atoms with E-state index in [2.05, 4.69) is 26.4 Å². The van der Waals surface area contributed by atoms with Crippen molar-refractivity contribution in [3.63, 3.8) is 0 Å². The van der Waals surface area contributed by atoms with Gasteiger partial charge in [-0.1, -0.05) is 12.6 Å². The van der Waals surface area contributed by atoms with Crippen molar-refractivity contribution in [2.24, 2.45) is 0 Å². The van der Waals surface area contributed by atoms with E-state index in [9.17, 15) is 17.2 Å². The van der Waals surface area contributed by atoms with Crippen molar-refractivity contribution in [3.05, 3.63) is 96.9 Å². The summed E-state index contributed by atoms with van der Waals surface area (Å²) in [6.07, 6.45) is 11.0. The molecule has 0 radical (unpaired) electrons. The highest BCUT2D eigenvalue weighted by Crippen LogP contribution is 2.31. The molecule has 3 heterocycles. The third-order valence-electron chi connectivity index (χ3n) is 5.38. The molecule has 0 aliphatic carbocycles. The van der Waals surface area contributed by atoms with Gasteiger partial charge in [0.05, 0.1) is 28.5 Å². The molecule has 0 bridgehead atoms. The zero-order chi connectivity index (χ0) is 25.7. The lowest BCUT2D eigenvalue weighted by molar-refractivity contribution is 0.547. The van der Waals surface area contributed by atoms with Crippen molar-refractivity contribution in [2.75, 3.05) is 11.4 Å². The average Bonchev–Trinajstić information content (AvgIpc) is 3.36. The number of pyridine rings is 2. The van der Waals surface area contributed by atoms with Gasteiger partial charge in [0.2, 0.25) is 0 Å². The Kier molecular flexibility index (Phi) is 7.35. The van der Waals surface area contributed by atoms with E-state index in [-0.39, 0.29) is 10.6 Å². The van der Waals surface area contributed by atoms with Gasteiger partial charge < -0.3 is 0 Å². The topological polar surface area (TPSA) is 89.8 Å². The number of halogens is 2. The molecule has 0 atom stereocenters. The van der Waals surface area contributed by atoms with Crippen LogP contribution in [-0.2, 0) is 16.6 Å². The molecule has 0 aliphatic heterocycles. The fraction of sp³-hybridized carbons (Fsp3) is 0.115. The molecule has 0 saturated carbocycles. The summed E-state index contributed by atoms with van der Waals surface area (Å²) >= 11 is 0. The number of aromatic nitrogens is 4. The molecule has 36 heavy (non-hydrogen) atoms. The quantitative estimate of drug-likeness (QED) is 0.289. The van der Waals surface area contributed by atoms with E-state index in [1.165, 1.54) is 6.20 Å². The molecule has 0 aliphatic rings. The minimum atomic E-state index is -4.08. The van der Waals surface area contributed by atoms with Crippen LogP contribution >= 0.6 is 0 Å². The number of aryl methyl sites for hydroxylation is 1. The Labute approximate surface area is 207 Å². The SMILES string of the molecule is C=C(/C=C\C(F)=C/CF)S(=O)(=O)Nc1cncc(-c2ccc3nccc(-c4cnn(CC)c4)c3c2)c1. The number of sulfonamides is 1. The lowest BCUT2D eigenvalue weighted by Crippen LogP contribution is -2.13. The molecule has 4 rings (SSSR count). The third-order valence-corrected chi connectivity index (χ3v) is 6.71. The molecule has 0 unspecified atom stereocenters. The molecule has 1 aromatic carbocycles. The van der Waals surface area contributed by atoms with E-state index >= 15 is 0 Å². The predicted octanol–water partition coefficient (Wildman–Crippen LogP) is 5.81. The highest BCUT2D eigenvalue weighted by atomic mass is 32.2. The first-order valence-electron chi connectivity index (χ1n) is 11.0. The number of fused-ring (bicyclic) bond motifs is 1. The van der Waals surface area contributed by atoms with Crippen LogP contribution in [0.1, 0.15) is 6.92 Å². The summed E-state index contributed by atoms with van der Waals surface area (Å²) in [6, 6.07) is 9.30. The van der Waals surface area contributed by atoms with E-state index in [0.29, 0.717) is 11.6 Å². The molecule has 0 amide bonds. The van der Waals surface area contributed by atoms with E-state index in [0.717, 1.165) is 46.3 Å². The van der Waals surface area contributed by atoms with Gasteiger partial charge in [-0.05, 0) is 60.5 Å². The van der Waals surface area contributed by atoms with Crippen molar-refractivity contribution in [3.8, 4) is 22.3 Å². The van der Waals surface area contributed by atoms with Crippen molar-refractivity contribution in [1.29, 1.82) is 0 Å². The van der Waals surface area contributed by atoms with E-state index in [1.54, 1.807) is 18.5 Å². The predicted molar refractivity (Wildman–Crippen MR) is 138 cm³/mol. The second kappa shape index (κ2) is 10.6.